The van der Waals surface area contributed by atoms with Crippen LogP contribution in [0.2, 0.25) is 0 Å². The first-order chi connectivity index (χ1) is 18.7. The van der Waals surface area contributed by atoms with Crippen molar-refractivity contribution in [2.45, 2.75) is 0 Å². The molecule has 182 valence electrons. The molecule has 0 aliphatic heterocycles. The minimum Gasteiger partial charge on any atom is -0.308 e. The molecule has 1 aromatic heterocycles. The normalized spacial score (nSPS) is 11.5. The second kappa shape index (κ2) is 10.8. The Morgan fingerprint density at radius 3 is 1.32 bits per heavy atom. The Bertz CT molecular complexity index is 1660. The van der Waals surface area contributed by atoms with E-state index in [4.69, 9.17) is 0 Å². The van der Waals surface area contributed by atoms with E-state index in [0.717, 1.165) is 57.0 Å². The average Bonchev–Trinajstić information content (AvgIpc) is 3.02. The summed E-state index contributed by atoms with van der Waals surface area (Å²) in [6, 6.07) is 53.6. The first-order valence-electron chi connectivity index (χ1n) is 12.7. The summed E-state index contributed by atoms with van der Waals surface area (Å²) in [6.07, 6.45) is 0. The van der Waals surface area contributed by atoms with Gasteiger partial charge in [0.15, 0.2) is 7.14 Å². The van der Waals surface area contributed by atoms with Gasteiger partial charge in [-0.15, -0.1) is 0 Å². The van der Waals surface area contributed by atoms with Crippen molar-refractivity contribution in [3.8, 4) is 33.1 Å². The molecular weight excluding hydrogens is 498 g/mol. The zero-order valence-corrected chi connectivity index (χ0v) is 22.6. The van der Waals surface area contributed by atoms with Crippen LogP contribution in [-0.2, 0) is 4.57 Å². The number of benzene rings is 5. The maximum atomic E-state index is 15.8. The maximum absolute atomic E-state index is 15.8. The van der Waals surface area contributed by atoms with Gasteiger partial charge in [0.1, 0.15) is 0 Å². The Labute approximate surface area is 226 Å². The van der Waals surface area contributed by atoms with Crippen LogP contribution in [0.15, 0.2) is 158 Å². The van der Waals surface area contributed by atoms with E-state index in [2.05, 4.69) is 78.9 Å². The Morgan fingerprint density at radius 2 is 0.842 bits per heavy atom. The maximum Gasteiger partial charge on any atom is 0.176 e. The van der Waals surface area contributed by atoms with Crippen LogP contribution in [0, 0.1) is 0 Å². The first-order valence-corrected chi connectivity index (χ1v) is 15.3. The third-order valence-electron chi connectivity index (χ3n) is 6.76. The van der Waals surface area contributed by atoms with E-state index >= 15 is 4.57 Å². The van der Waals surface area contributed by atoms with Gasteiger partial charge in [0.05, 0.1) is 5.04 Å². The minimum absolute atomic E-state index is 0.851. The predicted octanol–water partition coefficient (Wildman–Crippen LogP) is 8.91. The third kappa shape index (κ3) is 4.57. The van der Waals surface area contributed by atoms with Gasteiger partial charge in [0, 0.05) is 21.5 Å². The molecule has 0 saturated carbocycles. The molecule has 5 aromatic carbocycles. The van der Waals surface area contributed by atoms with Crippen molar-refractivity contribution in [3.63, 3.8) is 0 Å². The van der Waals surface area contributed by atoms with E-state index < -0.39 is 7.14 Å². The Kier molecular flexibility index (Phi) is 6.89. The SMILES string of the molecule is O=P(c1ccccc1)(c1ccccc1)c1pc(-c2ccccc2)cc(-c2ccccc2)c1-c1ccccc1. The molecule has 6 rings (SSSR count). The Morgan fingerprint density at radius 1 is 0.447 bits per heavy atom. The third-order valence-corrected chi connectivity index (χ3v) is 11.8. The molecule has 0 unspecified atom stereocenters. The van der Waals surface area contributed by atoms with E-state index in [-0.39, 0.29) is 0 Å². The summed E-state index contributed by atoms with van der Waals surface area (Å²) in [7, 11) is -2.28. The largest absolute Gasteiger partial charge is 0.308 e. The van der Waals surface area contributed by atoms with Crippen molar-refractivity contribution in [1.82, 2.24) is 0 Å². The van der Waals surface area contributed by atoms with Crippen molar-refractivity contribution >= 4 is 31.0 Å². The highest BCUT2D eigenvalue weighted by molar-refractivity contribution is 7.91. The van der Waals surface area contributed by atoms with Gasteiger partial charge in [0.25, 0.3) is 0 Å². The molecule has 3 heteroatoms. The van der Waals surface area contributed by atoms with E-state index in [0.29, 0.717) is 0 Å². The summed E-state index contributed by atoms with van der Waals surface area (Å²) >= 11 is 0. The quantitative estimate of drug-likeness (QED) is 0.199. The van der Waals surface area contributed by atoms with Crippen molar-refractivity contribution in [2.75, 3.05) is 0 Å². The molecule has 0 bridgehead atoms. The molecule has 38 heavy (non-hydrogen) atoms. The number of hydrogen-bond donors (Lipinski definition) is 0. The van der Waals surface area contributed by atoms with Crippen molar-refractivity contribution in [1.29, 1.82) is 0 Å². The lowest BCUT2D eigenvalue weighted by molar-refractivity contribution is 0.593. The van der Waals surface area contributed by atoms with Gasteiger partial charge in [0.2, 0.25) is 0 Å². The van der Waals surface area contributed by atoms with Gasteiger partial charge in [-0.1, -0.05) is 160 Å². The number of hydrogen-bond acceptors (Lipinski definition) is 1. The van der Waals surface area contributed by atoms with Crippen LogP contribution < -0.4 is 15.6 Å². The van der Waals surface area contributed by atoms with E-state index in [1.54, 1.807) is 0 Å². The lowest BCUT2D eigenvalue weighted by atomic mass is 9.96. The lowest BCUT2D eigenvalue weighted by Crippen LogP contribution is -2.25. The van der Waals surface area contributed by atoms with Crippen molar-refractivity contribution in [2.24, 2.45) is 0 Å². The molecule has 0 atom stereocenters. The second-order valence-electron chi connectivity index (χ2n) is 9.13. The van der Waals surface area contributed by atoms with Crippen LogP contribution in [-0.4, -0.2) is 0 Å². The van der Waals surface area contributed by atoms with E-state index in [9.17, 15) is 0 Å². The highest BCUT2D eigenvalue weighted by atomic mass is 31.2. The molecule has 0 saturated heterocycles. The molecule has 0 spiro atoms. The Hall–Kier alpha value is -4.02. The first kappa shape index (κ1) is 24.3. The number of rotatable bonds is 6. The van der Waals surface area contributed by atoms with Crippen LogP contribution in [0.5, 0.6) is 0 Å². The summed E-state index contributed by atoms with van der Waals surface area (Å²) in [5, 5.41) is 3.79. The smallest absolute Gasteiger partial charge is 0.176 e. The molecule has 6 aromatic rings. The highest BCUT2D eigenvalue weighted by Gasteiger charge is 2.34. The van der Waals surface area contributed by atoms with Gasteiger partial charge in [-0.05, 0) is 28.3 Å². The minimum atomic E-state index is -3.23. The molecule has 0 N–H and O–H groups in total. The zero-order chi connectivity index (χ0) is 25.8. The van der Waals surface area contributed by atoms with Gasteiger partial charge < -0.3 is 4.57 Å². The fourth-order valence-electron chi connectivity index (χ4n) is 4.92. The molecule has 0 amide bonds. The fraction of sp³-hybridized carbons (Fsp3) is 0. The molecule has 1 heterocycles. The summed E-state index contributed by atoms with van der Waals surface area (Å²) < 4.78 is 15.8. The van der Waals surface area contributed by atoms with Crippen LogP contribution in [0.25, 0.3) is 33.1 Å². The van der Waals surface area contributed by atoms with Gasteiger partial charge in [-0.3, -0.25) is 0 Å². The average molecular weight is 525 g/mol. The van der Waals surface area contributed by atoms with Gasteiger partial charge in [-0.25, -0.2) is 0 Å². The van der Waals surface area contributed by atoms with Gasteiger partial charge in [-0.2, -0.15) is 0 Å². The topological polar surface area (TPSA) is 17.1 Å². The molecule has 0 radical (unpaired) electrons. The molecule has 0 aliphatic carbocycles. The summed E-state index contributed by atoms with van der Waals surface area (Å²) in [6.45, 7) is 0. The van der Waals surface area contributed by atoms with Crippen molar-refractivity contribution < 1.29 is 4.57 Å². The standard InChI is InChI=1S/C35H26OP2/c36-38(30-22-12-4-13-23-30,31-24-14-5-15-25-31)35-34(29-20-10-3-11-21-29)32(27-16-6-1-7-17-27)26-33(37-35)28-18-8-2-9-19-28/h1-26H. The molecular formula is C35H26OP2. The zero-order valence-electron chi connectivity index (χ0n) is 20.8. The summed E-state index contributed by atoms with van der Waals surface area (Å²) in [4.78, 5) is 0. The summed E-state index contributed by atoms with van der Waals surface area (Å²) in [5.41, 5.74) is 5.47. The van der Waals surface area contributed by atoms with E-state index in [1.807, 2.05) is 78.9 Å². The Balaban J connectivity index is 1.79. The summed E-state index contributed by atoms with van der Waals surface area (Å²) in [5.74, 6) is 0. The monoisotopic (exact) mass is 524 g/mol. The van der Waals surface area contributed by atoms with Gasteiger partial charge >= 0.3 is 0 Å². The van der Waals surface area contributed by atoms with Crippen LogP contribution in [0.4, 0.5) is 0 Å². The molecule has 1 nitrogen and oxygen atoms in total. The second-order valence-corrected chi connectivity index (χ2v) is 13.3. The highest BCUT2D eigenvalue weighted by Crippen LogP contribution is 2.52. The van der Waals surface area contributed by atoms with E-state index in [1.165, 1.54) is 0 Å². The lowest BCUT2D eigenvalue weighted by Gasteiger charge is -2.25. The van der Waals surface area contributed by atoms with Crippen LogP contribution in [0.1, 0.15) is 0 Å². The predicted molar refractivity (Wildman–Crippen MR) is 165 cm³/mol. The van der Waals surface area contributed by atoms with Crippen molar-refractivity contribution in [3.05, 3.63) is 158 Å². The molecule has 0 aliphatic rings. The fourth-order valence-corrected chi connectivity index (χ4v) is 10.1. The van der Waals surface area contributed by atoms with Crippen LogP contribution in [0.3, 0.4) is 0 Å². The molecule has 0 fully saturated rings. The van der Waals surface area contributed by atoms with Crippen LogP contribution >= 0.6 is 15.3 Å².